The van der Waals surface area contributed by atoms with E-state index in [1.807, 2.05) is 103 Å². The van der Waals surface area contributed by atoms with E-state index >= 15 is 0 Å². The van der Waals surface area contributed by atoms with Crippen LogP contribution in [0.3, 0.4) is 0 Å². The van der Waals surface area contributed by atoms with E-state index in [4.69, 9.17) is 0 Å². The number of aromatic nitrogens is 1. The third-order valence-corrected chi connectivity index (χ3v) is 5.19. The molecule has 3 aromatic carbocycles. The van der Waals surface area contributed by atoms with Crippen molar-refractivity contribution in [1.29, 1.82) is 0 Å². The van der Waals surface area contributed by atoms with Crippen LogP contribution < -0.4 is 4.90 Å². The monoisotopic (exact) mass is 398 g/mol. The van der Waals surface area contributed by atoms with Gasteiger partial charge in [0.15, 0.2) is 5.78 Å². The van der Waals surface area contributed by atoms with Crippen molar-refractivity contribution in [3.8, 4) is 5.69 Å². The smallest absolute Gasteiger partial charge is 0.307 e. The Morgan fingerprint density at radius 3 is 2.27 bits per heavy atom. The number of carbonyl (C=O) groups is 2. The van der Waals surface area contributed by atoms with Gasteiger partial charge in [-0.25, -0.2) is 0 Å². The molecule has 4 aromatic rings. The SMILES string of the molecule is CN(C)c1ccc(C(=O)c2ccccc2-n2cc(CC(=O)O)c3ccccc32)cc1. The number of hydrogen-bond acceptors (Lipinski definition) is 3. The van der Waals surface area contributed by atoms with Crippen molar-refractivity contribution in [2.75, 3.05) is 19.0 Å². The molecule has 0 spiro atoms. The fraction of sp³-hybridized carbons (Fsp3) is 0.120. The molecule has 30 heavy (non-hydrogen) atoms. The highest BCUT2D eigenvalue weighted by Crippen LogP contribution is 2.28. The first-order valence-corrected chi connectivity index (χ1v) is 9.68. The number of rotatable bonds is 6. The maximum Gasteiger partial charge on any atom is 0.307 e. The average molecular weight is 398 g/mol. The Hall–Kier alpha value is -3.86. The Kier molecular flexibility index (Phi) is 5.11. The van der Waals surface area contributed by atoms with Crippen LogP contribution in [0, 0.1) is 0 Å². The predicted molar refractivity (Wildman–Crippen MR) is 119 cm³/mol. The summed E-state index contributed by atoms with van der Waals surface area (Å²) in [5.74, 6) is -0.961. The van der Waals surface area contributed by atoms with Gasteiger partial charge in [0.25, 0.3) is 0 Å². The number of aliphatic carboxylic acids is 1. The van der Waals surface area contributed by atoms with Crippen LogP contribution in [-0.2, 0) is 11.2 Å². The number of nitrogens with zero attached hydrogens (tertiary/aromatic N) is 2. The first-order valence-electron chi connectivity index (χ1n) is 9.68. The number of carbonyl (C=O) groups excluding carboxylic acids is 1. The number of ketones is 1. The molecule has 0 aliphatic carbocycles. The number of benzene rings is 3. The zero-order chi connectivity index (χ0) is 21.3. The molecule has 1 heterocycles. The van der Waals surface area contributed by atoms with Crippen molar-refractivity contribution in [2.24, 2.45) is 0 Å². The summed E-state index contributed by atoms with van der Waals surface area (Å²) in [5, 5.41) is 10.2. The van der Waals surface area contributed by atoms with E-state index < -0.39 is 5.97 Å². The van der Waals surface area contributed by atoms with Crippen LogP contribution in [0.25, 0.3) is 16.6 Å². The Morgan fingerprint density at radius 2 is 1.57 bits per heavy atom. The summed E-state index contributed by atoms with van der Waals surface area (Å²) in [6.45, 7) is 0. The van der Waals surface area contributed by atoms with Gasteiger partial charge in [-0.3, -0.25) is 9.59 Å². The number of hydrogen-bond donors (Lipinski definition) is 1. The highest BCUT2D eigenvalue weighted by molar-refractivity contribution is 6.11. The van der Waals surface area contributed by atoms with Gasteiger partial charge in [0.1, 0.15) is 0 Å². The predicted octanol–water partition coefficient (Wildman–Crippen LogP) is 4.55. The lowest BCUT2D eigenvalue weighted by Crippen LogP contribution is -2.10. The molecule has 150 valence electrons. The topological polar surface area (TPSA) is 62.5 Å². The van der Waals surface area contributed by atoms with Crippen LogP contribution in [0.1, 0.15) is 21.5 Å². The van der Waals surface area contributed by atoms with Crippen molar-refractivity contribution >= 4 is 28.3 Å². The second kappa shape index (κ2) is 7.87. The van der Waals surface area contributed by atoms with E-state index in [1.54, 1.807) is 0 Å². The maximum absolute atomic E-state index is 13.3. The number of carboxylic acids is 1. The Bertz CT molecular complexity index is 1240. The van der Waals surface area contributed by atoms with Crippen molar-refractivity contribution in [1.82, 2.24) is 4.57 Å². The Balaban J connectivity index is 1.83. The van der Waals surface area contributed by atoms with Crippen molar-refractivity contribution in [2.45, 2.75) is 6.42 Å². The fourth-order valence-electron chi connectivity index (χ4n) is 3.70. The van der Waals surface area contributed by atoms with Gasteiger partial charge in [-0.15, -0.1) is 0 Å². The van der Waals surface area contributed by atoms with E-state index in [9.17, 15) is 14.7 Å². The lowest BCUT2D eigenvalue weighted by atomic mass is 10.0. The summed E-state index contributed by atoms with van der Waals surface area (Å²) < 4.78 is 1.91. The minimum absolute atomic E-state index is 0.0738. The van der Waals surface area contributed by atoms with E-state index in [0.717, 1.165) is 27.8 Å². The maximum atomic E-state index is 13.3. The molecule has 0 bridgehead atoms. The molecular formula is C25H22N2O3. The van der Waals surface area contributed by atoms with Crippen LogP contribution in [0.5, 0.6) is 0 Å². The van der Waals surface area contributed by atoms with Crippen LogP contribution in [0.4, 0.5) is 5.69 Å². The molecule has 4 rings (SSSR count). The van der Waals surface area contributed by atoms with Crippen LogP contribution in [-0.4, -0.2) is 35.5 Å². The molecule has 0 aliphatic rings. The molecule has 0 radical (unpaired) electrons. The Labute approximate surface area is 174 Å². The first kappa shape index (κ1) is 19.5. The molecular weight excluding hydrogens is 376 g/mol. The lowest BCUT2D eigenvalue weighted by Gasteiger charge is -2.14. The quantitative estimate of drug-likeness (QED) is 0.484. The number of carboxylic acid groups (broad SMARTS) is 1. The van der Waals surface area contributed by atoms with E-state index in [0.29, 0.717) is 11.1 Å². The zero-order valence-corrected chi connectivity index (χ0v) is 16.9. The number of fused-ring (bicyclic) bond motifs is 1. The normalized spacial score (nSPS) is 10.9. The second-order valence-electron chi connectivity index (χ2n) is 7.40. The highest BCUT2D eigenvalue weighted by atomic mass is 16.4. The molecule has 0 fully saturated rings. The van der Waals surface area contributed by atoms with E-state index in [2.05, 4.69) is 0 Å². The van der Waals surface area contributed by atoms with Crippen LogP contribution >= 0.6 is 0 Å². The molecule has 1 N–H and O–H groups in total. The van der Waals surface area contributed by atoms with Gasteiger partial charge in [-0.2, -0.15) is 0 Å². The number of para-hydroxylation sites is 2. The first-order chi connectivity index (χ1) is 14.5. The Morgan fingerprint density at radius 1 is 0.900 bits per heavy atom. The highest BCUT2D eigenvalue weighted by Gasteiger charge is 2.18. The fourth-order valence-corrected chi connectivity index (χ4v) is 3.70. The third kappa shape index (κ3) is 3.57. The zero-order valence-electron chi connectivity index (χ0n) is 16.9. The molecule has 5 nitrogen and oxygen atoms in total. The van der Waals surface area contributed by atoms with Gasteiger partial charge in [0.05, 0.1) is 17.6 Å². The third-order valence-electron chi connectivity index (χ3n) is 5.19. The molecule has 0 amide bonds. The largest absolute Gasteiger partial charge is 0.481 e. The minimum Gasteiger partial charge on any atom is -0.481 e. The second-order valence-corrected chi connectivity index (χ2v) is 7.40. The van der Waals surface area contributed by atoms with Crippen LogP contribution in [0.15, 0.2) is 79.0 Å². The molecule has 5 heteroatoms. The summed E-state index contributed by atoms with van der Waals surface area (Å²) in [6, 6.07) is 22.6. The average Bonchev–Trinajstić information content (AvgIpc) is 3.11. The minimum atomic E-state index is -0.886. The lowest BCUT2D eigenvalue weighted by molar-refractivity contribution is -0.136. The van der Waals surface area contributed by atoms with Gasteiger partial charge >= 0.3 is 5.97 Å². The van der Waals surface area contributed by atoms with Crippen molar-refractivity contribution < 1.29 is 14.7 Å². The van der Waals surface area contributed by atoms with Gasteiger partial charge in [-0.05, 0) is 48.0 Å². The van der Waals surface area contributed by atoms with E-state index in [-0.39, 0.29) is 12.2 Å². The van der Waals surface area contributed by atoms with Gasteiger partial charge in [0, 0.05) is 42.5 Å². The van der Waals surface area contributed by atoms with Crippen LogP contribution in [0.2, 0.25) is 0 Å². The molecule has 0 atom stereocenters. The van der Waals surface area contributed by atoms with Gasteiger partial charge in [0.2, 0.25) is 0 Å². The molecule has 0 saturated heterocycles. The summed E-state index contributed by atoms with van der Waals surface area (Å²) >= 11 is 0. The van der Waals surface area contributed by atoms with Gasteiger partial charge < -0.3 is 14.6 Å². The molecule has 0 aliphatic heterocycles. The molecule has 0 saturated carbocycles. The summed E-state index contributed by atoms with van der Waals surface area (Å²) in [6.07, 6.45) is 1.75. The van der Waals surface area contributed by atoms with E-state index in [1.165, 1.54) is 0 Å². The standard InChI is InChI=1S/C25H22N2O3/c1-26(2)19-13-11-17(12-14-19)25(30)21-8-4-6-10-23(21)27-16-18(15-24(28)29)20-7-3-5-9-22(20)27/h3-14,16H,15H2,1-2H3,(H,28,29). The molecule has 1 aromatic heterocycles. The molecule has 0 unspecified atom stereocenters. The number of anilines is 1. The summed E-state index contributed by atoms with van der Waals surface area (Å²) in [5.41, 5.74) is 4.52. The van der Waals surface area contributed by atoms with Crippen molar-refractivity contribution in [3.63, 3.8) is 0 Å². The van der Waals surface area contributed by atoms with Crippen molar-refractivity contribution in [3.05, 3.63) is 95.7 Å². The van der Waals surface area contributed by atoms with Gasteiger partial charge in [-0.1, -0.05) is 30.3 Å². The summed E-state index contributed by atoms with van der Waals surface area (Å²) in [4.78, 5) is 26.6. The summed E-state index contributed by atoms with van der Waals surface area (Å²) in [7, 11) is 3.91.